The largest absolute Gasteiger partial charge is 0.353 e. The first kappa shape index (κ1) is 10.6. The maximum absolute atomic E-state index is 10.5. The second kappa shape index (κ2) is 6.31. The fourth-order valence-electron chi connectivity index (χ4n) is 0.651. The molecule has 11 heavy (non-hydrogen) atoms. The Hall–Kier alpha value is -0.410. The maximum Gasteiger partial charge on any atom is 0.154 e. The molecule has 0 aliphatic carbocycles. The minimum atomic E-state index is -0.195. The summed E-state index contributed by atoms with van der Waals surface area (Å²) in [5, 5.41) is 0. The van der Waals surface area contributed by atoms with Crippen LogP contribution in [0.4, 0.5) is 0 Å². The van der Waals surface area contributed by atoms with Crippen molar-refractivity contribution in [3.63, 3.8) is 0 Å². The van der Waals surface area contributed by atoms with Gasteiger partial charge in [0.1, 0.15) is 5.78 Å². The van der Waals surface area contributed by atoms with Crippen LogP contribution in [0.15, 0.2) is 0 Å². The second-order valence-corrected chi connectivity index (χ2v) is 2.35. The van der Waals surface area contributed by atoms with Gasteiger partial charge >= 0.3 is 0 Å². The zero-order valence-electron chi connectivity index (χ0n) is 7.42. The number of carbonyl (C=O) groups excluding carboxylic acids is 1. The summed E-state index contributed by atoms with van der Waals surface area (Å²) < 4.78 is 10.2. The molecule has 3 heteroatoms. The molecule has 0 fully saturated rings. The molecule has 0 aromatic carbocycles. The molecule has 0 N–H and O–H groups in total. The van der Waals surface area contributed by atoms with Crippen LogP contribution in [-0.4, -0.2) is 25.3 Å². The molecular weight excluding hydrogens is 144 g/mol. The van der Waals surface area contributed by atoms with E-state index in [1.54, 1.807) is 6.92 Å². The molecule has 0 aliphatic heterocycles. The third-order valence-corrected chi connectivity index (χ3v) is 1.21. The van der Waals surface area contributed by atoms with Crippen LogP contribution >= 0.6 is 0 Å². The van der Waals surface area contributed by atoms with Crippen LogP contribution < -0.4 is 0 Å². The van der Waals surface area contributed by atoms with Crippen molar-refractivity contribution in [3.8, 4) is 0 Å². The molecule has 0 aromatic rings. The molecule has 0 saturated carbocycles. The van der Waals surface area contributed by atoms with Crippen molar-refractivity contribution in [1.82, 2.24) is 0 Å². The highest BCUT2D eigenvalue weighted by molar-refractivity contribution is 5.75. The molecule has 0 heterocycles. The lowest BCUT2D eigenvalue weighted by molar-refractivity contribution is -0.134. The second-order valence-electron chi connectivity index (χ2n) is 2.35. The minimum Gasteiger partial charge on any atom is -0.353 e. The Morgan fingerprint density at radius 3 is 2.55 bits per heavy atom. The fraction of sp³-hybridized carbons (Fsp3) is 0.875. The predicted molar refractivity (Wildman–Crippen MR) is 42.3 cm³/mol. The number of hydrogen-bond acceptors (Lipinski definition) is 3. The van der Waals surface area contributed by atoms with Gasteiger partial charge in [0.15, 0.2) is 6.29 Å². The average molecular weight is 160 g/mol. The van der Waals surface area contributed by atoms with Gasteiger partial charge in [-0.25, -0.2) is 0 Å². The smallest absolute Gasteiger partial charge is 0.154 e. The van der Waals surface area contributed by atoms with Crippen LogP contribution in [0, 0.1) is 0 Å². The summed E-state index contributed by atoms with van der Waals surface area (Å²) in [4.78, 5) is 10.5. The van der Waals surface area contributed by atoms with Gasteiger partial charge in [0.05, 0.1) is 6.61 Å². The molecule has 0 aliphatic rings. The highest BCUT2D eigenvalue weighted by atomic mass is 16.7. The first-order valence-electron chi connectivity index (χ1n) is 3.89. The number of hydrogen-bond donors (Lipinski definition) is 0. The van der Waals surface area contributed by atoms with Crippen LogP contribution in [0.5, 0.6) is 0 Å². The van der Waals surface area contributed by atoms with Crippen molar-refractivity contribution >= 4 is 5.78 Å². The van der Waals surface area contributed by atoms with E-state index < -0.39 is 0 Å². The lowest BCUT2D eigenvalue weighted by Crippen LogP contribution is -2.14. The molecule has 1 atom stereocenters. The molecule has 1 unspecified atom stereocenters. The lowest BCUT2D eigenvalue weighted by atomic mass is 10.3. The molecule has 0 spiro atoms. The summed E-state index contributed by atoms with van der Waals surface area (Å²) in [6, 6.07) is 0. The van der Waals surface area contributed by atoms with Crippen molar-refractivity contribution in [2.24, 2.45) is 0 Å². The quantitative estimate of drug-likeness (QED) is 0.550. The first-order chi connectivity index (χ1) is 5.16. The maximum atomic E-state index is 10.5. The topological polar surface area (TPSA) is 35.5 Å². The van der Waals surface area contributed by atoms with Crippen molar-refractivity contribution < 1.29 is 14.3 Å². The summed E-state index contributed by atoms with van der Waals surface area (Å²) in [6.07, 6.45) is 0.275. The summed E-state index contributed by atoms with van der Waals surface area (Å²) in [5.74, 6) is 0.147. The zero-order valence-corrected chi connectivity index (χ0v) is 7.42. The monoisotopic (exact) mass is 160 g/mol. The van der Waals surface area contributed by atoms with Gasteiger partial charge in [-0.3, -0.25) is 4.79 Å². The van der Waals surface area contributed by atoms with E-state index in [-0.39, 0.29) is 12.1 Å². The predicted octanol–water partition coefficient (Wildman–Crippen LogP) is 1.36. The van der Waals surface area contributed by atoms with Gasteiger partial charge in [-0.05, 0) is 20.8 Å². The Bertz CT molecular complexity index is 112. The van der Waals surface area contributed by atoms with E-state index in [1.165, 1.54) is 0 Å². The SMILES string of the molecule is CCOC(C)OCCC(C)=O. The molecule has 0 saturated heterocycles. The normalized spacial score (nSPS) is 13.0. The molecule has 0 bridgehead atoms. The van der Waals surface area contributed by atoms with E-state index in [2.05, 4.69) is 0 Å². The van der Waals surface area contributed by atoms with Gasteiger partial charge in [-0.15, -0.1) is 0 Å². The van der Waals surface area contributed by atoms with E-state index in [4.69, 9.17) is 9.47 Å². The van der Waals surface area contributed by atoms with Gasteiger partial charge < -0.3 is 9.47 Å². The Labute approximate surface area is 67.7 Å². The third kappa shape index (κ3) is 7.49. The van der Waals surface area contributed by atoms with Crippen LogP contribution in [0.25, 0.3) is 0 Å². The van der Waals surface area contributed by atoms with Gasteiger partial charge in [0, 0.05) is 13.0 Å². The van der Waals surface area contributed by atoms with Crippen LogP contribution in [0.2, 0.25) is 0 Å². The summed E-state index contributed by atoms with van der Waals surface area (Å²) in [6.45, 7) is 6.38. The number of ketones is 1. The molecule has 66 valence electrons. The van der Waals surface area contributed by atoms with Crippen molar-refractivity contribution in [3.05, 3.63) is 0 Å². The fourth-order valence-corrected chi connectivity index (χ4v) is 0.651. The Morgan fingerprint density at radius 2 is 2.09 bits per heavy atom. The number of rotatable bonds is 6. The number of carbonyl (C=O) groups is 1. The van der Waals surface area contributed by atoms with Crippen molar-refractivity contribution in [2.75, 3.05) is 13.2 Å². The van der Waals surface area contributed by atoms with Crippen molar-refractivity contribution in [2.45, 2.75) is 33.5 Å². The van der Waals surface area contributed by atoms with Gasteiger partial charge in [0.2, 0.25) is 0 Å². The van der Waals surface area contributed by atoms with E-state index in [9.17, 15) is 4.79 Å². The van der Waals surface area contributed by atoms with Crippen LogP contribution in [-0.2, 0) is 14.3 Å². The lowest BCUT2D eigenvalue weighted by Gasteiger charge is -2.11. The van der Waals surface area contributed by atoms with Gasteiger partial charge in [-0.1, -0.05) is 0 Å². The number of ether oxygens (including phenoxy) is 2. The average Bonchev–Trinajstić information content (AvgIpc) is 1.87. The summed E-state index contributed by atoms with van der Waals surface area (Å²) >= 11 is 0. The van der Waals surface area contributed by atoms with Gasteiger partial charge in [-0.2, -0.15) is 0 Å². The van der Waals surface area contributed by atoms with E-state index in [0.29, 0.717) is 19.6 Å². The van der Waals surface area contributed by atoms with Crippen LogP contribution in [0.3, 0.4) is 0 Å². The highest BCUT2D eigenvalue weighted by Crippen LogP contribution is 1.94. The van der Waals surface area contributed by atoms with E-state index in [0.717, 1.165) is 0 Å². The first-order valence-corrected chi connectivity index (χ1v) is 3.89. The Balaban J connectivity index is 3.16. The summed E-state index contributed by atoms with van der Waals surface area (Å²) in [5.41, 5.74) is 0. The molecular formula is C8H16O3. The van der Waals surface area contributed by atoms with Crippen LogP contribution in [0.1, 0.15) is 27.2 Å². The number of Topliss-reactive ketones (excluding diaryl/α,β-unsaturated/α-hetero) is 1. The minimum absolute atomic E-state index is 0.147. The standard InChI is InChI=1S/C8H16O3/c1-4-10-8(3)11-6-5-7(2)9/h8H,4-6H2,1-3H3. The Kier molecular flexibility index (Phi) is 6.07. The Morgan fingerprint density at radius 1 is 1.45 bits per heavy atom. The molecule has 0 radical (unpaired) electrons. The van der Waals surface area contributed by atoms with Crippen molar-refractivity contribution in [1.29, 1.82) is 0 Å². The molecule has 0 rings (SSSR count). The van der Waals surface area contributed by atoms with E-state index >= 15 is 0 Å². The summed E-state index contributed by atoms with van der Waals surface area (Å²) in [7, 11) is 0. The zero-order chi connectivity index (χ0) is 8.69. The highest BCUT2D eigenvalue weighted by Gasteiger charge is 2.00. The molecule has 0 aromatic heterocycles. The van der Waals surface area contributed by atoms with E-state index in [1.807, 2.05) is 13.8 Å². The third-order valence-electron chi connectivity index (χ3n) is 1.21. The molecule has 0 amide bonds. The van der Waals surface area contributed by atoms with Gasteiger partial charge in [0.25, 0.3) is 0 Å². The molecule has 3 nitrogen and oxygen atoms in total.